The highest BCUT2D eigenvalue weighted by Gasteiger charge is 2.19. The lowest BCUT2D eigenvalue weighted by molar-refractivity contribution is 0.422. The van der Waals surface area contributed by atoms with Crippen LogP contribution in [0.4, 0.5) is 5.82 Å². The summed E-state index contributed by atoms with van der Waals surface area (Å²) in [6.07, 6.45) is 1.44. The SMILES string of the molecule is Cc1cc(NS(=O)(=O)c2ccc(-c3ccon3)s2)n(C)n1. The summed E-state index contributed by atoms with van der Waals surface area (Å²) in [6.45, 7) is 1.80. The Labute approximate surface area is 125 Å². The Morgan fingerprint density at radius 1 is 1.33 bits per heavy atom. The van der Waals surface area contributed by atoms with Gasteiger partial charge in [-0.15, -0.1) is 11.3 Å². The highest BCUT2D eigenvalue weighted by Crippen LogP contribution is 2.30. The van der Waals surface area contributed by atoms with Crippen LogP contribution in [0.2, 0.25) is 0 Å². The average molecular weight is 324 g/mol. The fourth-order valence-electron chi connectivity index (χ4n) is 1.84. The van der Waals surface area contributed by atoms with Crippen LogP contribution in [0.1, 0.15) is 5.69 Å². The Hall–Kier alpha value is -2.13. The molecule has 9 heteroatoms. The molecule has 7 nitrogen and oxygen atoms in total. The molecule has 0 aromatic carbocycles. The molecule has 3 aromatic heterocycles. The van der Waals surface area contributed by atoms with Crippen LogP contribution in [0.5, 0.6) is 0 Å². The van der Waals surface area contributed by atoms with Crippen molar-refractivity contribution in [3.05, 3.63) is 36.2 Å². The molecular formula is C12H12N4O3S2. The van der Waals surface area contributed by atoms with E-state index in [2.05, 4.69) is 15.0 Å². The fourth-order valence-corrected chi connectivity index (χ4v) is 4.18. The normalized spacial score (nSPS) is 11.7. The summed E-state index contributed by atoms with van der Waals surface area (Å²) < 4.78 is 33.7. The summed E-state index contributed by atoms with van der Waals surface area (Å²) in [7, 11) is -1.96. The molecule has 0 fully saturated rings. The van der Waals surface area contributed by atoms with Crippen molar-refractivity contribution >= 4 is 27.2 Å². The van der Waals surface area contributed by atoms with Gasteiger partial charge in [-0.2, -0.15) is 5.10 Å². The minimum absolute atomic E-state index is 0.208. The second-order valence-electron chi connectivity index (χ2n) is 4.40. The maximum atomic E-state index is 12.4. The number of aromatic nitrogens is 3. The van der Waals surface area contributed by atoms with E-state index in [1.165, 1.54) is 10.9 Å². The molecule has 3 aromatic rings. The fraction of sp³-hybridized carbons (Fsp3) is 0.167. The lowest BCUT2D eigenvalue weighted by Crippen LogP contribution is -2.14. The second-order valence-corrected chi connectivity index (χ2v) is 7.40. The van der Waals surface area contributed by atoms with Gasteiger partial charge in [0.15, 0.2) is 0 Å². The van der Waals surface area contributed by atoms with Gasteiger partial charge in [-0.3, -0.25) is 9.40 Å². The zero-order valence-corrected chi connectivity index (χ0v) is 12.9. The molecule has 21 heavy (non-hydrogen) atoms. The van der Waals surface area contributed by atoms with Crippen molar-refractivity contribution < 1.29 is 12.9 Å². The van der Waals surface area contributed by atoms with Crippen LogP contribution in [0, 0.1) is 6.92 Å². The topological polar surface area (TPSA) is 90.0 Å². The monoisotopic (exact) mass is 324 g/mol. The molecule has 3 heterocycles. The van der Waals surface area contributed by atoms with Crippen molar-refractivity contribution in [2.24, 2.45) is 7.05 Å². The van der Waals surface area contributed by atoms with Gasteiger partial charge in [0.05, 0.1) is 10.6 Å². The van der Waals surface area contributed by atoms with E-state index in [1.807, 2.05) is 0 Å². The number of thiophene rings is 1. The van der Waals surface area contributed by atoms with Crippen molar-refractivity contribution in [1.82, 2.24) is 14.9 Å². The first kappa shape index (κ1) is 13.8. The van der Waals surface area contributed by atoms with Crippen LogP contribution in [-0.2, 0) is 17.1 Å². The lowest BCUT2D eigenvalue weighted by Gasteiger charge is -2.05. The number of sulfonamides is 1. The van der Waals surface area contributed by atoms with E-state index in [4.69, 9.17) is 4.52 Å². The smallest absolute Gasteiger partial charge is 0.272 e. The van der Waals surface area contributed by atoms with E-state index >= 15 is 0 Å². The van der Waals surface area contributed by atoms with Crippen LogP contribution in [-0.4, -0.2) is 23.4 Å². The minimum atomic E-state index is -3.64. The molecular weight excluding hydrogens is 312 g/mol. The lowest BCUT2D eigenvalue weighted by atomic mass is 10.3. The third-order valence-electron chi connectivity index (χ3n) is 2.78. The van der Waals surface area contributed by atoms with Gasteiger partial charge in [-0.1, -0.05) is 5.16 Å². The van der Waals surface area contributed by atoms with Gasteiger partial charge >= 0.3 is 0 Å². The standard InChI is InChI=1S/C12H12N4O3S2/c1-8-7-11(16(2)13-8)15-21(17,18)12-4-3-10(20-12)9-5-6-19-14-9/h3-7,15H,1-2H3. The van der Waals surface area contributed by atoms with E-state index in [-0.39, 0.29) is 4.21 Å². The Morgan fingerprint density at radius 3 is 2.76 bits per heavy atom. The molecule has 110 valence electrons. The van der Waals surface area contributed by atoms with Crippen molar-refractivity contribution in [2.45, 2.75) is 11.1 Å². The highest BCUT2D eigenvalue weighted by atomic mass is 32.2. The predicted octanol–water partition coefficient (Wildman–Crippen LogP) is 2.25. The Bertz CT molecular complexity index is 862. The summed E-state index contributed by atoms with van der Waals surface area (Å²) in [6, 6.07) is 6.59. The van der Waals surface area contributed by atoms with Crippen LogP contribution in [0.25, 0.3) is 10.6 Å². The largest absolute Gasteiger partial charge is 0.364 e. The van der Waals surface area contributed by atoms with Crippen LogP contribution in [0.15, 0.2) is 39.3 Å². The number of nitrogens with one attached hydrogen (secondary N) is 1. The first-order chi connectivity index (χ1) is 9.95. The molecule has 0 aliphatic heterocycles. The molecule has 0 bridgehead atoms. The van der Waals surface area contributed by atoms with E-state index < -0.39 is 10.0 Å². The van der Waals surface area contributed by atoms with Crippen molar-refractivity contribution in [3.8, 4) is 10.6 Å². The van der Waals surface area contributed by atoms with E-state index in [0.717, 1.165) is 21.9 Å². The molecule has 0 unspecified atom stereocenters. The molecule has 0 radical (unpaired) electrons. The molecule has 0 atom stereocenters. The molecule has 0 spiro atoms. The van der Waals surface area contributed by atoms with Gasteiger partial charge in [0.25, 0.3) is 10.0 Å². The van der Waals surface area contributed by atoms with E-state index in [0.29, 0.717) is 11.5 Å². The third kappa shape index (κ3) is 2.69. The van der Waals surface area contributed by atoms with Gasteiger partial charge < -0.3 is 4.52 Å². The molecule has 3 rings (SSSR count). The highest BCUT2D eigenvalue weighted by molar-refractivity contribution is 7.94. The van der Waals surface area contributed by atoms with Crippen LogP contribution in [0.3, 0.4) is 0 Å². The molecule has 0 saturated carbocycles. The van der Waals surface area contributed by atoms with Gasteiger partial charge in [-0.05, 0) is 19.1 Å². The Balaban J connectivity index is 1.90. The zero-order valence-electron chi connectivity index (χ0n) is 11.3. The van der Waals surface area contributed by atoms with Gasteiger partial charge in [-0.25, -0.2) is 8.42 Å². The number of anilines is 1. The predicted molar refractivity (Wildman–Crippen MR) is 78.6 cm³/mol. The molecule has 0 amide bonds. The molecule has 0 saturated heterocycles. The summed E-state index contributed by atoms with van der Waals surface area (Å²) in [5.74, 6) is 0.420. The number of hydrogen-bond acceptors (Lipinski definition) is 6. The minimum Gasteiger partial charge on any atom is -0.364 e. The van der Waals surface area contributed by atoms with Crippen molar-refractivity contribution in [3.63, 3.8) is 0 Å². The summed E-state index contributed by atoms with van der Waals surface area (Å²) >= 11 is 1.13. The Kier molecular flexibility index (Phi) is 3.30. The first-order valence-corrected chi connectivity index (χ1v) is 8.30. The summed E-state index contributed by atoms with van der Waals surface area (Å²) in [5.41, 5.74) is 1.35. The van der Waals surface area contributed by atoms with Gasteiger partial charge in [0, 0.05) is 19.2 Å². The number of aryl methyl sites for hydroxylation is 2. The van der Waals surface area contributed by atoms with Crippen LogP contribution < -0.4 is 4.72 Å². The first-order valence-electron chi connectivity index (χ1n) is 6.00. The maximum absolute atomic E-state index is 12.4. The quantitative estimate of drug-likeness (QED) is 0.795. The number of nitrogens with zero attached hydrogens (tertiary/aromatic N) is 3. The van der Waals surface area contributed by atoms with Crippen molar-refractivity contribution in [2.75, 3.05) is 4.72 Å². The molecule has 0 aliphatic rings. The zero-order chi connectivity index (χ0) is 15.0. The maximum Gasteiger partial charge on any atom is 0.272 e. The molecule has 0 aliphatic carbocycles. The van der Waals surface area contributed by atoms with E-state index in [9.17, 15) is 8.42 Å². The summed E-state index contributed by atoms with van der Waals surface area (Å²) in [5, 5.41) is 7.89. The third-order valence-corrected chi connectivity index (χ3v) is 5.73. The number of rotatable bonds is 4. The van der Waals surface area contributed by atoms with Crippen molar-refractivity contribution in [1.29, 1.82) is 0 Å². The second kappa shape index (κ2) is 5.01. The Morgan fingerprint density at radius 2 is 2.14 bits per heavy atom. The van der Waals surface area contributed by atoms with Crippen LogP contribution >= 0.6 is 11.3 Å². The van der Waals surface area contributed by atoms with E-state index in [1.54, 1.807) is 38.2 Å². The van der Waals surface area contributed by atoms with Gasteiger partial charge in [0.2, 0.25) is 0 Å². The average Bonchev–Trinajstić information content (AvgIpc) is 3.11. The number of hydrogen-bond donors (Lipinski definition) is 1. The molecule has 1 N–H and O–H groups in total. The summed E-state index contributed by atoms with van der Waals surface area (Å²) in [4.78, 5) is 0.727. The van der Waals surface area contributed by atoms with Gasteiger partial charge in [0.1, 0.15) is 22.0 Å².